The molecule has 0 bridgehead atoms. The zero-order chi connectivity index (χ0) is 12.1. The molecule has 0 amide bonds. The lowest BCUT2D eigenvalue weighted by Gasteiger charge is -2.16. The number of benzene rings is 1. The summed E-state index contributed by atoms with van der Waals surface area (Å²) in [5, 5.41) is 0. The van der Waals surface area contributed by atoms with E-state index in [1.165, 1.54) is 0 Å². The normalized spacial score (nSPS) is 10.0. The van der Waals surface area contributed by atoms with Gasteiger partial charge in [0.05, 0.1) is 18.7 Å². The number of carbonyl (C=O) groups excluding carboxylic acids is 1. The average molecular weight is 287 g/mol. The summed E-state index contributed by atoms with van der Waals surface area (Å²) >= 11 is 3.43. The van der Waals surface area contributed by atoms with Crippen LogP contribution < -0.4 is 9.47 Å². The van der Waals surface area contributed by atoms with E-state index in [-0.39, 0.29) is 0 Å². The molecular formula is C12H15BrO3. The molecule has 0 fully saturated rings. The van der Waals surface area contributed by atoms with Crippen LogP contribution in [-0.2, 0) is 11.2 Å². The Balaban J connectivity index is 3.27. The van der Waals surface area contributed by atoms with Crippen LogP contribution in [0.15, 0.2) is 10.5 Å². The minimum absolute atomic E-state index is 0.488. The lowest BCUT2D eigenvalue weighted by molar-refractivity contribution is -0.107. The third-order valence-corrected chi connectivity index (χ3v) is 3.03. The first kappa shape index (κ1) is 13.0. The Labute approximate surface area is 104 Å². The molecule has 4 heteroatoms. The van der Waals surface area contributed by atoms with E-state index >= 15 is 0 Å². The van der Waals surface area contributed by atoms with E-state index in [1.54, 1.807) is 14.2 Å². The van der Waals surface area contributed by atoms with Gasteiger partial charge in [-0.15, -0.1) is 0 Å². The molecule has 0 atom stereocenters. The van der Waals surface area contributed by atoms with Gasteiger partial charge in [0.15, 0.2) is 11.5 Å². The van der Waals surface area contributed by atoms with Crippen molar-refractivity contribution in [1.29, 1.82) is 0 Å². The van der Waals surface area contributed by atoms with E-state index in [4.69, 9.17) is 9.47 Å². The molecule has 0 aliphatic heterocycles. The summed E-state index contributed by atoms with van der Waals surface area (Å²) in [6.45, 7) is 1.99. The van der Waals surface area contributed by atoms with E-state index in [9.17, 15) is 4.79 Å². The summed E-state index contributed by atoms with van der Waals surface area (Å²) in [5.74, 6) is 1.38. The Morgan fingerprint density at radius 2 is 1.94 bits per heavy atom. The van der Waals surface area contributed by atoms with Crippen LogP contribution in [0.1, 0.15) is 17.5 Å². The highest BCUT2D eigenvalue weighted by Gasteiger charge is 2.16. The number of ether oxygens (including phenoxy) is 2. The predicted octanol–water partition coefficient (Wildman–Crippen LogP) is 2.91. The second-order valence-electron chi connectivity index (χ2n) is 3.43. The zero-order valence-electron chi connectivity index (χ0n) is 9.67. The van der Waals surface area contributed by atoms with Gasteiger partial charge in [0.1, 0.15) is 6.29 Å². The molecule has 88 valence electrons. The number of hydrogen-bond donors (Lipinski definition) is 0. The SMILES string of the molecule is COc1c(Br)cc(C)c(CCC=O)c1OC. The van der Waals surface area contributed by atoms with Crippen molar-refractivity contribution < 1.29 is 14.3 Å². The van der Waals surface area contributed by atoms with E-state index in [0.717, 1.165) is 21.9 Å². The predicted molar refractivity (Wildman–Crippen MR) is 66.4 cm³/mol. The van der Waals surface area contributed by atoms with Gasteiger partial charge in [0, 0.05) is 12.0 Å². The maximum absolute atomic E-state index is 10.4. The van der Waals surface area contributed by atoms with Crippen LogP contribution in [0.2, 0.25) is 0 Å². The van der Waals surface area contributed by atoms with Gasteiger partial charge >= 0.3 is 0 Å². The molecule has 1 rings (SSSR count). The monoisotopic (exact) mass is 286 g/mol. The van der Waals surface area contributed by atoms with Gasteiger partial charge in [-0.25, -0.2) is 0 Å². The van der Waals surface area contributed by atoms with Crippen molar-refractivity contribution in [2.75, 3.05) is 14.2 Å². The largest absolute Gasteiger partial charge is 0.493 e. The van der Waals surface area contributed by atoms with Crippen LogP contribution in [0.4, 0.5) is 0 Å². The van der Waals surface area contributed by atoms with Crippen molar-refractivity contribution in [3.8, 4) is 11.5 Å². The fourth-order valence-corrected chi connectivity index (χ4v) is 2.37. The Morgan fingerprint density at radius 3 is 2.44 bits per heavy atom. The molecule has 3 nitrogen and oxygen atoms in total. The van der Waals surface area contributed by atoms with Crippen LogP contribution in [0, 0.1) is 6.92 Å². The summed E-state index contributed by atoms with van der Waals surface area (Å²) in [6, 6.07) is 1.97. The molecule has 0 aliphatic rings. The quantitative estimate of drug-likeness (QED) is 0.781. The van der Waals surface area contributed by atoms with Gasteiger partial charge in [-0.2, -0.15) is 0 Å². The van der Waals surface area contributed by atoms with Crippen molar-refractivity contribution in [2.45, 2.75) is 19.8 Å². The maximum Gasteiger partial charge on any atom is 0.175 e. The summed E-state index contributed by atoms with van der Waals surface area (Å²) in [5.41, 5.74) is 2.11. The van der Waals surface area contributed by atoms with Crippen molar-refractivity contribution >= 4 is 22.2 Å². The second kappa shape index (κ2) is 5.89. The third-order valence-electron chi connectivity index (χ3n) is 2.44. The van der Waals surface area contributed by atoms with Crippen LogP contribution in [-0.4, -0.2) is 20.5 Å². The standard InChI is InChI=1S/C12H15BrO3/c1-8-7-10(13)12(16-3)11(15-2)9(8)5-4-6-14/h6-7H,4-5H2,1-3H3. The Morgan fingerprint density at radius 1 is 1.31 bits per heavy atom. The molecule has 0 aromatic heterocycles. The minimum Gasteiger partial charge on any atom is -0.493 e. The Bertz CT molecular complexity index is 388. The first-order valence-corrected chi connectivity index (χ1v) is 5.78. The fraction of sp³-hybridized carbons (Fsp3) is 0.417. The number of hydrogen-bond acceptors (Lipinski definition) is 3. The molecule has 0 heterocycles. The van der Waals surface area contributed by atoms with E-state index in [2.05, 4.69) is 15.9 Å². The van der Waals surface area contributed by atoms with Crippen LogP contribution in [0.3, 0.4) is 0 Å². The third kappa shape index (κ3) is 2.55. The van der Waals surface area contributed by atoms with Gasteiger partial charge in [-0.1, -0.05) is 0 Å². The Hall–Kier alpha value is -1.03. The average Bonchev–Trinajstić information content (AvgIpc) is 2.27. The molecule has 1 aromatic rings. The number of carbonyl (C=O) groups is 1. The van der Waals surface area contributed by atoms with Crippen molar-refractivity contribution in [3.63, 3.8) is 0 Å². The maximum atomic E-state index is 10.4. The second-order valence-corrected chi connectivity index (χ2v) is 4.28. The summed E-state index contributed by atoms with van der Waals surface area (Å²) < 4.78 is 11.5. The molecule has 0 spiro atoms. The molecule has 0 aliphatic carbocycles. The number of aldehydes is 1. The van der Waals surface area contributed by atoms with Crippen molar-refractivity contribution in [1.82, 2.24) is 0 Å². The van der Waals surface area contributed by atoms with Crippen LogP contribution >= 0.6 is 15.9 Å². The molecule has 0 saturated carbocycles. The lowest BCUT2D eigenvalue weighted by atomic mass is 10.0. The molecule has 0 radical (unpaired) electrons. The highest BCUT2D eigenvalue weighted by atomic mass is 79.9. The topological polar surface area (TPSA) is 35.5 Å². The van der Waals surface area contributed by atoms with E-state index in [0.29, 0.717) is 24.3 Å². The number of methoxy groups -OCH3 is 2. The van der Waals surface area contributed by atoms with Gasteiger partial charge < -0.3 is 14.3 Å². The molecule has 0 saturated heterocycles. The molecule has 0 N–H and O–H groups in total. The first-order valence-electron chi connectivity index (χ1n) is 4.99. The summed E-state index contributed by atoms with van der Waals surface area (Å²) in [6.07, 6.45) is 2.07. The van der Waals surface area contributed by atoms with Crippen molar-refractivity contribution in [3.05, 3.63) is 21.7 Å². The molecular weight excluding hydrogens is 272 g/mol. The van der Waals surface area contributed by atoms with Crippen LogP contribution in [0.25, 0.3) is 0 Å². The minimum atomic E-state index is 0.488. The zero-order valence-corrected chi connectivity index (χ0v) is 11.3. The number of rotatable bonds is 5. The van der Waals surface area contributed by atoms with Gasteiger partial charge in [-0.05, 0) is 40.9 Å². The Kier molecular flexibility index (Phi) is 4.80. The van der Waals surface area contributed by atoms with Crippen LogP contribution in [0.5, 0.6) is 11.5 Å². The fourth-order valence-electron chi connectivity index (χ4n) is 1.69. The molecule has 16 heavy (non-hydrogen) atoms. The highest BCUT2D eigenvalue weighted by molar-refractivity contribution is 9.10. The van der Waals surface area contributed by atoms with E-state index < -0.39 is 0 Å². The summed E-state index contributed by atoms with van der Waals surface area (Å²) in [4.78, 5) is 10.4. The van der Waals surface area contributed by atoms with Crippen molar-refractivity contribution in [2.24, 2.45) is 0 Å². The smallest absolute Gasteiger partial charge is 0.175 e. The first-order chi connectivity index (χ1) is 7.65. The van der Waals surface area contributed by atoms with Gasteiger partial charge in [0.2, 0.25) is 0 Å². The number of aryl methyl sites for hydroxylation is 1. The van der Waals surface area contributed by atoms with Gasteiger partial charge in [-0.3, -0.25) is 0 Å². The van der Waals surface area contributed by atoms with Gasteiger partial charge in [0.25, 0.3) is 0 Å². The summed E-state index contributed by atoms with van der Waals surface area (Å²) in [7, 11) is 3.20. The number of halogens is 1. The highest BCUT2D eigenvalue weighted by Crippen LogP contribution is 2.40. The van der Waals surface area contributed by atoms with E-state index in [1.807, 2.05) is 13.0 Å². The molecule has 1 aromatic carbocycles. The molecule has 0 unspecified atom stereocenters. The lowest BCUT2D eigenvalue weighted by Crippen LogP contribution is -2.00.